The van der Waals surface area contributed by atoms with Crippen LogP contribution in [0.1, 0.15) is 63.5 Å². The van der Waals surface area contributed by atoms with Gasteiger partial charge in [0, 0.05) is 17.7 Å². The van der Waals surface area contributed by atoms with E-state index >= 15 is 0 Å². The first kappa shape index (κ1) is 27.6. The highest BCUT2D eigenvalue weighted by Crippen LogP contribution is 2.39. The van der Waals surface area contributed by atoms with Crippen LogP contribution in [-0.2, 0) is 6.11 Å². The summed E-state index contributed by atoms with van der Waals surface area (Å²) in [5, 5.41) is 0. The molecule has 194 valence electrons. The Morgan fingerprint density at radius 2 is 1.28 bits per heavy atom. The first-order valence-corrected chi connectivity index (χ1v) is 11.9. The molecule has 1 aliphatic carbocycles. The van der Waals surface area contributed by atoms with E-state index in [1.807, 2.05) is 13.8 Å². The SMILES string of the molecule is CC.CC1CCC(c2ccc(-c3ccc(C(F)(F)Oc4cc(F)c(F)c(F)c4)cc3)c(F)c2F)CC1. The molecule has 0 saturated heterocycles. The molecule has 0 radical (unpaired) electrons. The van der Waals surface area contributed by atoms with Crippen LogP contribution in [-0.4, -0.2) is 0 Å². The molecule has 0 atom stereocenters. The van der Waals surface area contributed by atoms with E-state index < -0.39 is 46.5 Å². The van der Waals surface area contributed by atoms with Crippen LogP contribution < -0.4 is 4.74 Å². The zero-order chi connectivity index (χ0) is 26.6. The van der Waals surface area contributed by atoms with Crippen molar-refractivity contribution in [2.75, 3.05) is 0 Å². The topological polar surface area (TPSA) is 9.23 Å². The van der Waals surface area contributed by atoms with Gasteiger partial charge in [0.1, 0.15) is 5.75 Å². The Labute approximate surface area is 205 Å². The number of rotatable bonds is 5. The first-order valence-electron chi connectivity index (χ1n) is 11.9. The summed E-state index contributed by atoms with van der Waals surface area (Å²) in [5.74, 6) is -7.55. The van der Waals surface area contributed by atoms with Crippen molar-refractivity contribution in [2.24, 2.45) is 5.92 Å². The molecule has 1 nitrogen and oxygen atoms in total. The monoisotopic (exact) mass is 512 g/mol. The molecule has 3 aromatic rings. The second-order valence-electron chi connectivity index (χ2n) is 8.68. The van der Waals surface area contributed by atoms with Gasteiger partial charge in [0.05, 0.1) is 5.56 Å². The molecule has 1 fully saturated rings. The zero-order valence-electron chi connectivity index (χ0n) is 20.2. The van der Waals surface area contributed by atoms with Gasteiger partial charge in [-0.05, 0) is 47.9 Å². The van der Waals surface area contributed by atoms with Crippen LogP contribution in [0, 0.1) is 35.0 Å². The molecule has 0 aliphatic heterocycles. The van der Waals surface area contributed by atoms with E-state index in [1.54, 1.807) is 0 Å². The maximum absolute atomic E-state index is 14.9. The van der Waals surface area contributed by atoms with Crippen molar-refractivity contribution in [3.63, 3.8) is 0 Å². The Bertz CT molecular complexity index is 1160. The maximum atomic E-state index is 14.9. The standard InChI is InChI=1S/C26H21F7O.C2H6/c1-14-2-4-15(5-3-14)19-10-11-20(24(30)23(19)29)16-6-8-17(9-7-16)26(32,33)34-18-12-21(27)25(31)22(28)13-18;1-2/h6-15H,2-5H2,1H3;1-2H3. The summed E-state index contributed by atoms with van der Waals surface area (Å²) in [6.07, 6.45) is -0.573. The fourth-order valence-corrected chi connectivity index (χ4v) is 4.32. The predicted octanol–water partition coefficient (Wildman–Crippen LogP) is 9.50. The van der Waals surface area contributed by atoms with E-state index in [0.29, 0.717) is 23.6 Å². The largest absolute Gasteiger partial charge is 0.429 e. The third kappa shape index (κ3) is 5.85. The van der Waals surface area contributed by atoms with Crippen molar-refractivity contribution in [3.8, 4) is 16.9 Å². The summed E-state index contributed by atoms with van der Waals surface area (Å²) in [6.45, 7) is 6.13. The Balaban J connectivity index is 0.00000176. The van der Waals surface area contributed by atoms with Crippen LogP contribution >= 0.6 is 0 Å². The maximum Gasteiger partial charge on any atom is 0.426 e. The zero-order valence-corrected chi connectivity index (χ0v) is 20.2. The molecular formula is C28H27F7O. The second-order valence-corrected chi connectivity index (χ2v) is 8.68. The Morgan fingerprint density at radius 1 is 0.722 bits per heavy atom. The Hall–Kier alpha value is -3.03. The van der Waals surface area contributed by atoms with Crippen molar-refractivity contribution < 1.29 is 35.5 Å². The van der Waals surface area contributed by atoms with Gasteiger partial charge in [-0.2, -0.15) is 8.78 Å². The highest BCUT2D eigenvalue weighted by molar-refractivity contribution is 5.65. The average molecular weight is 513 g/mol. The van der Waals surface area contributed by atoms with E-state index in [0.717, 1.165) is 49.9 Å². The minimum atomic E-state index is -4.03. The molecule has 0 aromatic heterocycles. The van der Waals surface area contributed by atoms with E-state index in [2.05, 4.69) is 11.7 Å². The van der Waals surface area contributed by atoms with Gasteiger partial charge in [-0.15, -0.1) is 0 Å². The molecule has 3 aromatic carbocycles. The third-order valence-electron chi connectivity index (χ3n) is 6.30. The van der Waals surface area contributed by atoms with Crippen LogP contribution in [0.15, 0.2) is 48.5 Å². The van der Waals surface area contributed by atoms with Crippen molar-refractivity contribution in [3.05, 3.63) is 88.7 Å². The van der Waals surface area contributed by atoms with Gasteiger partial charge in [-0.25, -0.2) is 22.0 Å². The van der Waals surface area contributed by atoms with Crippen molar-refractivity contribution in [1.82, 2.24) is 0 Å². The lowest BCUT2D eigenvalue weighted by atomic mass is 9.79. The molecule has 0 heterocycles. The summed E-state index contributed by atoms with van der Waals surface area (Å²) >= 11 is 0. The third-order valence-corrected chi connectivity index (χ3v) is 6.30. The van der Waals surface area contributed by atoms with Gasteiger partial charge in [-0.1, -0.05) is 57.9 Å². The lowest BCUT2D eigenvalue weighted by Gasteiger charge is -2.27. The smallest absolute Gasteiger partial charge is 0.426 e. The number of benzene rings is 3. The molecule has 1 aliphatic rings. The fourth-order valence-electron chi connectivity index (χ4n) is 4.32. The fraction of sp³-hybridized carbons (Fsp3) is 0.357. The van der Waals surface area contributed by atoms with Crippen LogP contribution in [0.5, 0.6) is 5.75 Å². The minimum Gasteiger partial charge on any atom is -0.429 e. The Morgan fingerprint density at radius 3 is 1.83 bits per heavy atom. The van der Waals surface area contributed by atoms with Gasteiger partial charge in [-0.3, -0.25) is 0 Å². The summed E-state index contributed by atoms with van der Waals surface area (Å²) in [5.41, 5.74) is -0.291. The summed E-state index contributed by atoms with van der Waals surface area (Å²) in [7, 11) is 0. The van der Waals surface area contributed by atoms with Crippen LogP contribution in [0.4, 0.5) is 30.7 Å². The predicted molar refractivity (Wildman–Crippen MR) is 124 cm³/mol. The molecule has 0 N–H and O–H groups in total. The average Bonchev–Trinajstić information content (AvgIpc) is 2.86. The van der Waals surface area contributed by atoms with Gasteiger partial charge in [0.15, 0.2) is 29.1 Å². The quantitative estimate of drug-likeness (QED) is 0.244. The molecular weight excluding hydrogens is 485 g/mol. The number of halogens is 7. The highest BCUT2D eigenvalue weighted by Gasteiger charge is 2.35. The van der Waals surface area contributed by atoms with Crippen molar-refractivity contribution in [1.29, 1.82) is 0 Å². The van der Waals surface area contributed by atoms with Gasteiger partial charge in [0.2, 0.25) is 0 Å². The minimum absolute atomic E-state index is 0.0564. The van der Waals surface area contributed by atoms with Crippen molar-refractivity contribution in [2.45, 2.75) is 58.5 Å². The van der Waals surface area contributed by atoms with E-state index in [1.165, 1.54) is 12.1 Å². The summed E-state index contributed by atoms with van der Waals surface area (Å²) < 4.78 is 103. The molecule has 8 heteroatoms. The number of alkyl halides is 2. The molecule has 0 bridgehead atoms. The van der Waals surface area contributed by atoms with Gasteiger partial charge < -0.3 is 4.74 Å². The van der Waals surface area contributed by atoms with Crippen LogP contribution in [0.3, 0.4) is 0 Å². The summed E-state index contributed by atoms with van der Waals surface area (Å²) in [4.78, 5) is 0. The molecule has 4 rings (SSSR count). The van der Waals surface area contributed by atoms with Gasteiger partial charge in [0.25, 0.3) is 0 Å². The molecule has 0 spiro atoms. The van der Waals surface area contributed by atoms with Crippen molar-refractivity contribution >= 4 is 0 Å². The Kier molecular flexibility index (Phi) is 8.69. The number of ether oxygens (including phenoxy) is 1. The summed E-state index contributed by atoms with van der Waals surface area (Å²) in [6, 6.07) is 7.76. The lowest BCUT2D eigenvalue weighted by molar-refractivity contribution is -0.185. The number of hydrogen-bond donors (Lipinski definition) is 0. The van der Waals surface area contributed by atoms with Gasteiger partial charge >= 0.3 is 6.11 Å². The van der Waals surface area contributed by atoms with E-state index in [4.69, 9.17) is 0 Å². The normalized spacial score (nSPS) is 17.8. The molecule has 1 saturated carbocycles. The molecule has 0 amide bonds. The van der Waals surface area contributed by atoms with E-state index in [-0.39, 0.29) is 17.0 Å². The lowest BCUT2D eigenvalue weighted by Crippen LogP contribution is -2.22. The van der Waals surface area contributed by atoms with Crippen LogP contribution in [0.25, 0.3) is 11.1 Å². The number of hydrogen-bond acceptors (Lipinski definition) is 1. The highest BCUT2D eigenvalue weighted by atomic mass is 19.3. The first-order chi connectivity index (χ1) is 17.1. The molecule has 0 unspecified atom stereocenters. The second kappa shape index (κ2) is 11.4. The molecule has 36 heavy (non-hydrogen) atoms. The van der Waals surface area contributed by atoms with E-state index in [9.17, 15) is 30.7 Å². The van der Waals surface area contributed by atoms with Crippen LogP contribution in [0.2, 0.25) is 0 Å².